The molecule has 0 aliphatic heterocycles. The number of rotatable bonds is 5. The summed E-state index contributed by atoms with van der Waals surface area (Å²) in [5.74, 6) is -4.86. The van der Waals surface area contributed by atoms with E-state index in [1.807, 2.05) is 24.3 Å². The Kier molecular flexibility index (Phi) is 4.74. The van der Waals surface area contributed by atoms with E-state index in [4.69, 9.17) is 0 Å². The molecular weight excluding hydrogens is 330 g/mol. The second kappa shape index (κ2) is 6.82. The number of aromatic amines is 1. The van der Waals surface area contributed by atoms with Crippen LogP contribution in [-0.4, -0.2) is 33.9 Å². The number of halogens is 2. The second-order valence-electron chi connectivity index (χ2n) is 6.59. The molecule has 3 rings (SSSR count). The first-order valence-electron chi connectivity index (χ1n) is 8.32. The molecule has 2 aromatic rings. The van der Waals surface area contributed by atoms with Crippen LogP contribution in [0.15, 0.2) is 30.5 Å². The van der Waals surface area contributed by atoms with Gasteiger partial charge >= 0.3 is 5.97 Å². The highest BCUT2D eigenvalue weighted by Gasteiger charge is 2.38. The smallest absolute Gasteiger partial charge is 0.326 e. The van der Waals surface area contributed by atoms with Gasteiger partial charge in [0.15, 0.2) is 0 Å². The molecule has 1 saturated carbocycles. The van der Waals surface area contributed by atoms with Gasteiger partial charge in [0, 0.05) is 42.3 Å². The molecule has 1 aromatic carbocycles. The summed E-state index contributed by atoms with van der Waals surface area (Å²) in [6.45, 7) is 0. The summed E-state index contributed by atoms with van der Waals surface area (Å²) >= 11 is 0. The summed E-state index contributed by atoms with van der Waals surface area (Å²) in [6, 6.07) is 6.41. The molecule has 3 N–H and O–H groups in total. The van der Waals surface area contributed by atoms with Crippen LogP contribution < -0.4 is 5.32 Å². The maximum absolute atomic E-state index is 13.2. The third-order valence-electron chi connectivity index (χ3n) is 4.80. The average Bonchev–Trinajstić information content (AvgIpc) is 2.97. The summed E-state index contributed by atoms with van der Waals surface area (Å²) in [5.41, 5.74) is 1.68. The summed E-state index contributed by atoms with van der Waals surface area (Å²) < 4.78 is 26.4. The zero-order valence-corrected chi connectivity index (χ0v) is 13.6. The lowest BCUT2D eigenvalue weighted by molar-refractivity contribution is -0.143. The van der Waals surface area contributed by atoms with E-state index in [1.54, 1.807) is 6.20 Å². The Hall–Kier alpha value is -2.44. The maximum atomic E-state index is 13.2. The molecule has 1 amide bonds. The van der Waals surface area contributed by atoms with E-state index in [0.29, 0.717) is 0 Å². The fourth-order valence-electron chi connectivity index (χ4n) is 3.31. The number of para-hydroxylation sites is 1. The minimum absolute atomic E-state index is 0.0816. The van der Waals surface area contributed by atoms with Crippen molar-refractivity contribution in [2.24, 2.45) is 5.92 Å². The Labute approximate surface area is 143 Å². The van der Waals surface area contributed by atoms with E-state index >= 15 is 0 Å². The largest absolute Gasteiger partial charge is 0.480 e. The predicted octanol–water partition coefficient (Wildman–Crippen LogP) is 3.11. The molecule has 1 heterocycles. The number of carboxylic acids is 1. The van der Waals surface area contributed by atoms with Gasteiger partial charge in [0.1, 0.15) is 6.04 Å². The predicted molar refractivity (Wildman–Crippen MR) is 88.5 cm³/mol. The van der Waals surface area contributed by atoms with Crippen molar-refractivity contribution in [2.45, 2.75) is 44.1 Å². The van der Waals surface area contributed by atoms with Crippen LogP contribution >= 0.6 is 0 Å². The number of H-pyrrole nitrogens is 1. The van der Waals surface area contributed by atoms with E-state index in [0.717, 1.165) is 16.5 Å². The van der Waals surface area contributed by atoms with Crippen LogP contribution in [0.5, 0.6) is 0 Å². The van der Waals surface area contributed by atoms with Crippen molar-refractivity contribution in [1.29, 1.82) is 0 Å². The lowest BCUT2D eigenvalue weighted by Gasteiger charge is -2.28. The fraction of sp³-hybridized carbons (Fsp3) is 0.444. The molecule has 25 heavy (non-hydrogen) atoms. The third-order valence-corrected chi connectivity index (χ3v) is 4.80. The number of carbonyl (C=O) groups is 2. The average molecular weight is 350 g/mol. The van der Waals surface area contributed by atoms with Gasteiger partial charge in [-0.2, -0.15) is 0 Å². The van der Waals surface area contributed by atoms with Crippen LogP contribution in [0.1, 0.15) is 31.2 Å². The van der Waals surface area contributed by atoms with Crippen molar-refractivity contribution in [3.63, 3.8) is 0 Å². The number of hydrogen-bond acceptors (Lipinski definition) is 2. The molecule has 134 valence electrons. The molecule has 1 atom stereocenters. The van der Waals surface area contributed by atoms with E-state index in [9.17, 15) is 23.5 Å². The molecule has 7 heteroatoms. The highest BCUT2D eigenvalue weighted by atomic mass is 19.3. The van der Waals surface area contributed by atoms with Crippen LogP contribution in [0, 0.1) is 5.92 Å². The van der Waals surface area contributed by atoms with E-state index in [1.165, 1.54) is 0 Å². The van der Waals surface area contributed by atoms with Crippen molar-refractivity contribution in [3.05, 3.63) is 36.0 Å². The normalized spacial score (nSPS) is 18.8. The standard InChI is InChI=1S/C18H20F2N2O3/c19-18(20)7-5-11(6-8-18)16(23)22-15(17(24)25)9-12-10-21-14-4-2-1-3-13(12)14/h1-4,10-11,15,21H,5-9H2,(H,22,23)(H,24,25). The number of nitrogens with one attached hydrogen (secondary N) is 2. The van der Waals surface area contributed by atoms with Crippen LogP contribution in [-0.2, 0) is 16.0 Å². The van der Waals surface area contributed by atoms with E-state index in [2.05, 4.69) is 10.3 Å². The lowest BCUT2D eigenvalue weighted by Crippen LogP contribution is -2.46. The van der Waals surface area contributed by atoms with Gasteiger partial charge in [-0.1, -0.05) is 18.2 Å². The number of hydrogen-bond donors (Lipinski definition) is 3. The maximum Gasteiger partial charge on any atom is 0.326 e. The Morgan fingerprint density at radius 3 is 2.64 bits per heavy atom. The highest BCUT2D eigenvalue weighted by molar-refractivity contribution is 5.87. The number of fused-ring (bicyclic) bond motifs is 1. The number of alkyl halides is 2. The van der Waals surface area contributed by atoms with Crippen molar-refractivity contribution in [1.82, 2.24) is 10.3 Å². The Morgan fingerprint density at radius 1 is 1.28 bits per heavy atom. The van der Waals surface area contributed by atoms with Crippen molar-refractivity contribution < 1.29 is 23.5 Å². The monoisotopic (exact) mass is 350 g/mol. The van der Waals surface area contributed by atoms with Gasteiger partial charge < -0.3 is 15.4 Å². The number of aliphatic carboxylic acids is 1. The summed E-state index contributed by atoms with van der Waals surface area (Å²) in [5, 5.41) is 12.9. The van der Waals surface area contributed by atoms with Crippen LogP contribution in [0.3, 0.4) is 0 Å². The first-order valence-corrected chi connectivity index (χ1v) is 8.32. The SMILES string of the molecule is O=C(NC(Cc1c[nH]c2ccccc12)C(=O)O)C1CCC(F)(F)CC1. The molecule has 1 fully saturated rings. The first-order chi connectivity index (χ1) is 11.9. The number of benzene rings is 1. The quantitative estimate of drug-likeness (QED) is 0.775. The minimum Gasteiger partial charge on any atom is -0.480 e. The molecule has 0 spiro atoms. The van der Waals surface area contributed by atoms with Gasteiger partial charge in [0.05, 0.1) is 0 Å². The summed E-state index contributed by atoms with van der Waals surface area (Å²) in [4.78, 5) is 26.9. The molecule has 0 saturated heterocycles. The van der Waals surface area contributed by atoms with Gasteiger partial charge in [0.2, 0.25) is 11.8 Å². The molecular formula is C18H20F2N2O3. The molecule has 1 aliphatic rings. The highest BCUT2D eigenvalue weighted by Crippen LogP contribution is 2.36. The topological polar surface area (TPSA) is 82.2 Å². The fourth-order valence-corrected chi connectivity index (χ4v) is 3.31. The Bertz CT molecular complexity index is 777. The number of carboxylic acid groups (broad SMARTS) is 1. The summed E-state index contributed by atoms with van der Waals surface area (Å²) in [7, 11) is 0. The Balaban J connectivity index is 1.67. The molecule has 1 unspecified atom stereocenters. The minimum atomic E-state index is -2.72. The molecule has 5 nitrogen and oxygen atoms in total. The van der Waals surface area contributed by atoms with Crippen molar-refractivity contribution in [2.75, 3.05) is 0 Å². The van der Waals surface area contributed by atoms with Gasteiger partial charge in [-0.25, -0.2) is 13.6 Å². The van der Waals surface area contributed by atoms with Crippen LogP contribution in [0.4, 0.5) is 8.78 Å². The molecule has 0 radical (unpaired) electrons. The van der Waals surface area contributed by atoms with Crippen LogP contribution in [0.2, 0.25) is 0 Å². The zero-order chi connectivity index (χ0) is 18.0. The van der Waals surface area contributed by atoms with Gasteiger partial charge in [-0.3, -0.25) is 4.79 Å². The second-order valence-corrected chi connectivity index (χ2v) is 6.59. The first kappa shape index (κ1) is 17.4. The number of carbonyl (C=O) groups excluding carboxylic acids is 1. The van der Waals surface area contributed by atoms with Crippen molar-refractivity contribution >= 4 is 22.8 Å². The molecule has 0 bridgehead atoms. The third kappa shape index (κ3) is 3.97. The lowest BCUT2D eigenvalue weighted by atomic mass is 9.86. The van der Waals surface area contributed by atoms with E-state index in [-0.39, 0.29) is 32.1 Å². The molecule has 1 aromatic heterocycles. The summed E-state index contributed by atoms with van der Waals surface area (Å²) in [6.07, 6.45) is 1.37. The van der Waals surface area contributed by atoms with Crippen LogP contribution in [0.25, 0.3) is 10.9 Å². The molecule has 1 aliphatic carbocycles. The van der Waals surface area contributed by atoms with Gasteiger partial charge in [-0.15, -0.1) is 0 Å². The van der Waals surface area contributed by atoms with Gasteiger partial charge in [0.25, 0.3) is 0 Å². The zero-order valence-electron chi connectivity index (χ0n) is 13.6. The van der Waals surface area contributed by atoms with E-state index < -0.39 is 29.8 Å². The number of amides is 1. The van der Waals surface area contributed by atoms with Crippen molar-refractivity contribution in [3.8, 4) is 0 Å². The van der Waals surface area contributed by atoms with Gasteiger partial charge in [-0.05, 0) is 24.5 Å². The Morgan fingerprint density at radius 2 is 1.96 bits per heavy atom. The number of aromatic nitrogens is 1.